The van der Waals surface area contributed by atoms with Gasteiger partial charge >= 0.3 is 132 Å². The van der Waals surface area contributed by atoms with Crippen LogP contribution >= 0.6 is 31.2 Å². The van der Waals surface area contributed by atoms with Gasteiger partial charge in [-0.15, -0.1) is 5.10 Å². The fourth-order valence-corrected chi connectivity index (χ4v) is 8.90. The molecular formula is C73H83F24N13O7P4. The van der Waals surface area contributed by atoms with Crippen LogP contribution in [-0.2, 0) is 63.0 Å². The van der Waals surface area contributed by atoms with Crippen LogP contribution in [0.1, 0.15) is 69.5 Å². The van der Waals surface area contributed by atoms with Gasteiger partial charge in [0.15, 0.2) is 75.8 Å². The van der Waals surface area contributed by atoms with Crippen molar-refractivity contribution in [3.05, 3.63) is 217 Å². The second-order valence-electron chi connectivity index (χ2n) is 23.6. The van der Waals surface area contributed by atoms with E-state index in [2.05, 4.69) is 175 Å². The molecule has 17 aliphatic heterocycles. The molecule has 0 saturated heterocycles. The van der Waals surface area contributed by atoms with Crippen molar-refractivity contribution in [2.45, 2.75) is 80.9 Å². The fraction of sp³-hybridized carbons (Fsp3) is 0.315. The summed E-state index contributed by atoms with van der Waals surface area (Å²) in [7, 11) is -42.6. The maximum atomic E-state index is 9.87. The maximum Gasteiger partial charge on any atom is 0.173 e. The fourth-order valence-electron chi connectivity index (χ4n) is 8.90. The Hall–Kier alpha value is -10.7. The standard InChI is InChI=1S/C36H32N4.C25H33N3O7.6C2H3N.4F6P/c1-2-30-4-3-29(1)25-37-17-9-33(10-18-37)35-13-21-39(22-14-35)27-31-5-7-32(8-6-31)28-40-23-15-36(16-24-40)34-11-19-38(26-30)20-12-34;1-4-23-22-3-2-6-25(23)35-18-16-32-12-11-30-13-14-33-20-21-19-28(27-26-21)7-8-29-9-10-31-15-17-34-24(22)5-1;6*1-2-3;4*1-7(2,3,4,5)6/h1-24H,25-28H2;1-6,19H,7-18,20H2;6*1H3;;;;/q+4;;;;;;;;4*-1. The molecule has 670 valence electrons. The maximum absolute atomic E-state index is 10.7. The van der Waals surface area contributed by atoms with Crippen molar-refractivity contribution in [1.29, 1.82) is 31.6 Å². The van der Waals surface area contributed by atoms with E-state index in [0.717, 1.165) is 54.1 Å². The second kappa shape index (κ2) is 46.3. The molecule has 22 heterocycles. The van der Waals surface area contributed by atoms with Crippen molar-refractivity contribution in [1.82, 2.24) is 15.0 Å². The van der Waals surface area contributed by atoms with Crippen molar-refractivity contribution in [2.24, 2.45) is 0 Å². The molecule has 0 saturated carbocycles. The van der Waals surface area contributed by atoms with Crippen LogP contribution in [0.5, 0.6) is 11.5 Å². The van der Waals surface area contributed by atoms with Crippen molar-refractivity contribution in [2.75, 3.05) is 72.7 Å². The molecule has 20 nitrogen and oxygen atoms in total. The average molecular weight is 1830 g/mol. The molecule has 0 aliphatic carbocycles. The van der Waals surface area contributed by atoms with Crippen LogP contribution < -0.4 is 27.7 Å². The van der Waals surface area contributed by atoms with Gasteiger partial charge in [-0.3, -0.25) is 0 Å². The summed E-state index contributed by atoms with van der Waals surface area (Å²) >= 11 is 0. The number of rotatable bonds is 0. The molecule has 0 N–H and O–H groups in total. The minimum atomic E-state index is -10.7. The monoisotopic (exact) mass is 1830 g/mol. The SMILES string of the molecule is CC#N.CC#N.CC#N.CC#N.CC#N.CC#N.F[P-](F)(F)(F)(F)F.F[P-](F)(F)(F)(F)F.F[P-](F)(F)(F)(F)F.F[P-](F)(F)(F)(F)F.c1cc2c3cccc(c3c1)OCCOCCOCCOCc1cn(nn1)CCOCCOCCO2.c1cc2ccc1C[n+]1ccc(cc1)-c1cc[n+](cc1)Cc1ccc(cc1)C[n+]1ccc(cc1)-c1cc[n+](cc1)C2. The minimum absolute atomic E-state index is 0.392. The number of halogens is 24. The van der Waals surface area contributed by atoms with Gasteiger partial charge in [-0.1, -0.05) is 78.0 Å². The van der Waals surface area contributed by atoms with Crippen LogP contribution in [0, 0.1) is 68.0 Å². The number of ether oxygens (including phenoxy) is 7. The molecule has 26 rings (SSSR count). The van der Waals surface area contributed by atoms with E-state index in [9.17, 15) is 101 Å². The van der Waals surface area contributed by atoms with E-state index in [0.29, 0.717) is 85.8 Å². The van der Waals surface area contributed by atoms with Gasteiger partial charge in [0.05, 0.1) is 115 Å². The van der Waals surface area contributed by atoms with E-state index >= 15 is 0 Å². The molecule has 17 aliphatic rings. The summed E-state index contributed by atoms with van der Waals surface area (Å²) in [6.45, 7) is 18.3. The number of nitriles is 6. The first-order chi connectivity index (χ1) is 55.4. The number of hydrogen-bond donors (Lipinski definition) is 0. The Morgan fingerprint density at radius 3 is 0.736 bits per heavy atom. The first-order valence-corrected chi connectivity index (χ1v) is 42.3. The summed E-state index contributed by atoms with van der Waals surface area (Å²) < 4.78 is 287. The summed E-state index contributed by atoms with van der Waals surface area (Å²) in [5.74, 6) is 1.60. The third kappa shape index (κ3) is 71.9. The van der Waals surface area contributed by atoms with Gasteiger partial charge < -0.3 is 33.2 Å². The van der Waals surface area contributed by atoms with E-state index in [1.54, 1.807) is 41.1 Å². The van der Waals surface area contributed by atoms with E-state index < -0.39 is 31.2 Å². The number of benzene rings is 4. The van der Waals surface area contributed by atoms with Gasteiger partial charge in [0.25, 0.3) is 0 Å². The van der Waals surface area contributed by atoms with Crippen molar-refractivity contribution < 1.29 is 152 Å². The zero-order valence-electron chi connectivity index (χ0n) is 65.0. The summed E-state index contributed by atoms with van der Waals surface area (Å²) in [5.41, 5.74) is 10.9. The van der Waals surface area contributed by atoms with Crippen LogP contribution in [-0.4, -0.2) is 87.7 Å². The van der Waals surface area contributed by atoms with Crippen molar-refractivity contribution >= 4 is 42.0 Å². The number of nitrogens with zero attached hydrogens (tertiary/aromatic N) is 13. The summed E-state index contributed by atoms with van der Waals surface area (Å²) in [5, 5.41) is 54.1. The van der Waals surface area contributed by atoms with Crippen LogP contribution in [0.4, 0.5) is 101 Å². The first kappa shape index (κ1) is 110. The number of aromatic nitrogens is 7. The molecule has 0 amide bonds. The molecule has 121 heavy (non-hydrogen) atoms. The Kier molecular flexibility index (Phi) is 42.2. The summed E-state index contributed by atoms with van der Waals surface area (Å²) in [6.07, 6.45) is 19.2. The average Bonchev–Trinajstić information content (AvgIpc) is 1.17. The van der Waals surface area contributed by atoms with Crippen molar-refractivity contribution in [3.8, 4) is 70.2 Å². The number of hydrogen-bond acceptors (Lipinski definition) is 15. The normalized spacial score (nSPS) is 15.2. The molecule has 48 heteroatoms. The molecule has 0 radical (unpaired) electrons. The number of fused-ring (bicyclic) bond motifs is 2. The first-order valence-electron chi connectivity index (χ1n) is 34.2. The Balaban J connectivity index is 0.00000159. The topological polar surface area (TPSA) is 254 Å². The van der Waals surface area contributed by atoms with Crippen molar-refractivity contribution in [3.63, 3.8) is 0 Å². The Morgan fingerprint density at radius 2 is 0.504 bits per heavy atom. The molecule has 0 atom stereocenters. The van der Waals surface area contributed by atoms with Crippen LogP contribution in [0.2, 0.25) is 0 Å². The zero-order valence-corrected chi connectivity index (χ0v) is 68.5. The molecule has 0 spiro atoms. The summed E-state index contributed by atoms with van der Waals surface area (Å²) in [6, 6.07) is 57.9. The smallest absolute Gasteiger partial charge is 0.173 e. The van der Waals surface area contributed by atoms with Crippen LogP contribution in [0.3, 0.4) is 0 Å². The largest absolute Gasteiger partial charge is 0.491 e. The van der Waals surface area contributed by atoms with Crippen LogP contribution in [0.15, 0.2) is 189 Å². The minimum Gasteiger partial charge on any atom is -0.491 e. The van der Waals surface area contributed by atoms with Gasteiger partial charge in [-0.2, -0.15) is 31.6 Å². The van der Waals surface area contributed by atoms with E-state index in [-0.39, 0.29) is 0 Å². The molecule has 0 fully saturated rings. The predicted molar refractivity (Wildman–Crippen MR) is 404 cm³/mol. The summed E-state index contributed by atoms with van der Waals surface area (Å²) in [4.78, 5) is 0. The quantitative estimate of drug-likeness (QED) is 0.0777. The van der Waals surface area contributed by atoms with Gasteiger partial charge in [0.2, 0.25) is 0 Å². The third-order valence-electron chi connectivity index (χ3n) is 13.0. The Labute approximate surface area is 679 Å². The van der Waals surface area contributed by atoms with E-state index in [4.69, 9.17) is 64.7 Å². The van der Waals surface area contributed by atoms with E-state index in [1.165, 1.54) is 86.1 Å². The second-order valence-corrected chi connectivity index (χ2v) is 31.3. The predicted octanol–water partition coefficient (Wildman–Crippen LogP) is 23.9. The molecule has 9 aromatic rings. The van der Waals surface area contributed by atoms with Gasteiger partial charge in [0, 0.05) is 123 Å². The Bertz CT molecular complexity index is 4330. The molecular weight excluding hydrogens is 1750 g/mol. The molecule has 18 bridgehead atoms. The van der Waals surface area contributed by atoms with Crippen LogP contribution in [0.25, 0.3) is 33.0 Å². The van der Waals surface area contributed by atoms with E-state index in [1.807, 2.05) is 42.6 Å². The third-order valence-corrected chi connectivity index (χ3v) is 13.0. The van der Waals surface area contributed by atoms with Gasteiger partial charge in [0.1, 0.15) is 30.4 Å². The molecule has 5 aromatic heterocycles. The molecule has 0 unspecified atom stereocenters. The zero-order chi connectivity index (χ0) is 92.6. The van der Waals surface area contributed by atoms with Gasteiger partial charge in [-0.25, -0.2) is 23.0 Å². The molecule has 4 aromatic carbocycles. The number of pyridine rings is 4. The Morgan fingerprint density at radius 1 is 0.298 bits per heavy atom. The van der Waals surface area contributed by atoms with Gasteiger partial charge in [-0.05, 0) is 34.4 Å².